The van der Waals surface area contributed by atoms with Gasteiger partial charge in [0, 0.05) is 19.3 Å². The van der Waals surface area contributed by atoms with Gasteiger partial charge in [-0.25, -0.2) is 4.79 Å². The Morgan fingerprint density at radius 1 is 0.955 bits per heavy atom. The highest BCUT2D eigenvalue weighted by Crippen LogP contribution is 2.16. The molecule has 0 atom stereocenters. The number of rotatable bonds is 11. The molecular formula is C19H31NO2. The molecule has 124 valence electrons. The quantitative estimate of drug-likeness (QED) is 0.423. The lowest BCUT2D eigenvalue weighted by molar-refractivity contribution is 0.0505. The van der Waals surface area contributed by atoms with Crippen LogP contribution in [0.5, 0.6) is 0 Å². The van der Waals surface area contributed by atoms with Crippen molar-refractivity contribution >= 4 is 11.7 Å². The summed E-state index contributed by atoms with van der Waals surface area (Å²) in [7, 11) is 2.11. The second kappa shape index (κ2) is 11.1. The number of anilines is 1. The first kappa shape index (κ1) is 18.5. The summed E-state index contributed by atoms with van der Waals surface area (Å²) in [5.41, 5.74) is 1.78. The molecule has 0 fully saturated rings. The zero-order valence-electron chi connectivity index (χ0n) is 14.4. The molecule has 1 aromatic carbocycles. The first-order chi connectivity index (χ1) is 10.7. The van der Waals surface area contributed by atoms with Gasteiger partial charge in [0.25, 0.3) is 0 Å². The molecule has 0 aliphatic carbocycles. The topological polar surface area (TPSA) is 29.5 Å². The summed E-state index contributed by atoms with van der Waals surface area (Å²) in [5.74, 6) is -0.230. The van der Waals surface area contributed by atoms with Crippen LogP contribution >= 0.6 is 0 Å². The highest BCUT2D eigenvalue weighted by atomic mass is 16.5. The van der Waals surface area contributed by atoms with E-state index in [1.165, 1.54) is 38.5 Å². The number of carbonyl (C=O) groups is 1. The average molecular weight is 305 g/mol. The van der Waals surface area contributed by atoms with Crippen molar-refractivity contribution in [2.24, 2.45) is 0 Å². The van der Waals surface area contributed by atoms with Gasteiger partial charge in [0.2, 0.25) is 0 Å². The molecule has 0 spiro atoms. The van der Waals surface area contributed by atoms with Crippen molar-refractivity contribution in [1.82, 2.24) is 0 Å². The molecule has 22 heavy (non-hydrogen) atoms. The highest BCUT2D eigenvalue weighted by Gasteiger charge is 2.07. The van der Waals surface area contributed by atoms with Crippen molar-refractivity contribution in [2.45, 2.75) is 58.8 Å². The summed E-state index contributed by atoms with van der Waals surface area (Å²) in [4.78, 5) is 14.0. The molecule has 0 radical (unpaired) electrons. The third-order valence-corrected chi connectivity index (χ3v) is 3.83. The number of carbonyl (C=O) groups excluding carboxylic acids is 1. The van der Waals surface area contributed by atoms with Crippen LogP contribution in [0.25, 0.3) is 0 Å². The maximum Gasteiger partial charge on any atom is 0.338 e. The highest BCUT2D eigenvalue weighted by molar-refractivity contribution is 5.89. The molecule has 3 heteroatoms. The van der Waals surface area contributed by atoms with E-state index in [-0.39, 0.29) is 5.97 Å². The fraction of sp³-hybridized carbons (Fsp3) is 0.632. The number of benzene rings is 1. The normalized spacial score (nSPS) is 10.5. The molecule has 0 bridgehead atoms. The minimum Gasteiger partial charge on any atom is -0.462 e. The van der Waals surface area contributed by atoms with Crippen molar-refractivity contribution in [3.05, 3.63) is 29.8 Å². The van der Waals surface area contributed by atoms with E-state index in [4.69, 9.17) is 4.74 Å². The van der Waals surface area contributed by atoms with Gasteiger partial charge in [-0.05, 0) is 37.1 Å². The molecule has 0 amide bonds. The van der Waals surface area contributed by atoms with Gasteiger partial charge in [0.05, 0.1) is 12.2 Å². The van der Waals surface area contributed by atoms with Crippen LogP contribution < -0.4 is 4.90 Å². The minimum absolute atomic E-state index is 0.230. The van der Waals surface area contributed by atoms with Crippen LogP contribution in [0.15, 0.2) is 24.3 Å². The number of hydrogen-bond acceptors (Lipinski definition) is 3. The Morgan fingerprint density at radius 2 is 1.59 bits per heavy atom. The molecule has 0 N–H and O–H groups in total. The maximum absolute atomic E-state index is 11.7. The van der Waals surface area contributed by atoms with E-state index in [1.807, 2.05) is 31.2 Å². The van der Waals surface area contributed by atoms with E-state index in [1.54, 1.807) is 0 Å². The summed E-state index contributed by atoms with van der Waals surface area (Å²) < 4.78 is 5.14. The van der Waals surface area contributed by atoms with E-state index in [2.05, 4.69) is 18.9 Å². The van der Waals surface area contributed by atoms with Gasteiger partial charge in [-0.3, -0.25) is 0 Å². The number of nitrogens with zero attached hydrogens (tertiary/aromatic N) is 1. The Labute approximate surface area is 135 Å². The second-order valence-corrected chi connectivity index (χ2v) is 5.87. The molecule has 3 nitrogen and oxygen atoms in total. The zero-order valence-corrected chi connectivity index (χ0v) is 14.4. The summed E-state index contributed by atoms with van der Waals surface area (Å²) in [6.07, 6.45) is 8.72. The van der Waals surface area contributed by atoms with Crippen LogP contribution in [0.2, 0.25) is 0 Å². The van der Waals surface area contributed by atoms with Crippen LogP contribution in [-0.2, 0) is 4.74 Å². The van der Waals surface area contributed by atoms with Crippen molar-refractivity contribution in [2.75, 3.05) is 25.1 Å². The molecule has 1 rings (SSSR count). The van der Waals surface area contributed by atoms with E-state index >= 15 is 0 Å². The first-order valence-corrected chi connectivity index (χ1v) is 8.67. The summed E-state index contributed by atoms with van der Waals surface area (Å²) in [6, 6.07) is 7.70. The molecule has 0 aliphatic heterocycles. The van der Waals surface area contributed by atoms with Crippen molar-refractivity contribution in [3.8, 4) is 0 Å². The molecular weight excluding hydrogens is 274 g/mol. The van der Waals surface area contributed by atoms with Crippen LogP contribution in [0.1, 0.15) is 69.2 Å². The van der Waals surface area contributed by atoms with Crippen LogP contribution in [0.4, 0.5) is 5.69 Å². The van der Waals surface area contributed by atoms with Crippen LogP contribution in [-0.4, -0.2) is 26.2 Å². The Bertz CT molecular complexity index is 414. The average Bonchev–Trinajstić information content (AvgIpc) is 2.55. The Morgan fingerprint density at radius 3 is 2.23 bits per heavy atom. The largest absolute Gasteiger partial charge is 0.462 e. The number of unbranched alkanes of at least 4 members (excludes halogenated alkanes) is 5. The lowest BCUT2D eigenvalue weighted by atomic mass is 10.1. The predicted octanol–water partition coefficient (Wildman–Crippen LogP) is 5.05. The third kappa shape index (κ3) is 6.97. The lowest BCUT2D eigenvalue weighted by Crippen LogP contribution is -2.18. The van der Waals surface area contributed by atoms with E-state index < -0.39 is 0 Å². The Balaban J connectivity index is 2.34. The molecule has 0 heterocycles. The summed E-state index contributed by atoms with van der Waals surface area (Å²) >= 11 is 0. The molecule has 0 saturated carbocycles. The Hall–Kier alpha value is -1.51. The van der Waals surface area contributed by atoms with Gasteiger partial charge in [0.1, 0.15) is 0 Å². The maximum atomic E-state index is 11.7. The first-order valence-electron chi connectivity index (χ1n) is 8.67. The van der Waals surface area contributed by atoms with Crippen LogP contribution in [0, 0.1) is 0 Å². The monoisotopic (exact) mass is 305 g/mol. The van der Waals surface area contributed by atoms with E-state index in [0.717, 1.165) is 18.7 Å². The standard InChI is InChI=1S/C19H31NO2/c1-4-6-7-8-9-10-15-20(3)18-13-11-17(12-14-18)19(21)22-16-5-2/h11-14H,4-10,15-16H2,1-3H3. The van der Waals surface area contributed by atoms with E-state index in [0.29, 0.717) is 12.2 Å². The van der Waals surface area contributed by atoms with Gasteiger partial charge >= 0.3 is 5.97 Å². The SMILES string of the molecule is CCCCCCCCN(C)c1ccc(C(=O)OCCC)cc1. The fourth-order valence-corrected chi connectivity index (χ4v) is 2.39. The third-order valence-electron chi connectivity index (χ3n) is 3.83. The van der Waals surface area contributed by atoms with Crippen molar-refractivity contribution in [1.29, 1.82) is 0 Å². The smallest absolute Gasteiger partial charge is 0.338 e. The minimum atomic E-state index is -0.230. The number of ether oxygens (including phenoxy) is 1. The van der Waals surface area contributed by atoms with Crippen molar-refractivity contribution in [3.63, 3.8) is 0 Å². The number of esters is 1. The van der Waals surface area contributed by atoms with Gasteiger partial charge in [-0.1, -0.05) is 46.0 Å². The lowest BCUT2D eigenvalue weighted by Gasteiger charge is -2.19. The molecule has 0 unspecified atom stereocenters. The summed E-state index contributed by atoms with van der Waals surface area (Å²) in [6.45, 7) is 5.79. The predicted molar refractivity (Wildman–Crippen MR) is 93.7 cm³/mol. The second-order valence-electron chi connectivity index (χ2n) is 5.87. The van der Waals surface area contributed by atoms with Crippen molar-refractivity contribution < 1.29 is 9.53 Å². The summed E-state index contributed by atoms with van der Waals surface area (Å²) in [5, 5.41) is 0. The molecule has 0 aliphatic rings. The van der Waals surface area contributed by atoms with Gasteiger partial charge in [-0.15, -0.1) is 0 Å². The van der Waals surface area contributed by atoms with Crippen LogP contribution in [0.3, 0.4) is 0 Å². The van der Waals surface area contributed by atoms with Gasteiger partial charge in [-0.2, -0.15) is 0 Å². The molecule has 0 saturated heterocycles. The van der Waals surface area contributed by atoms with Gasteiger partial charge in [0.15, 0.2) is 0 Å². The fourth-order valence-electron chi connectivity index (χ4n) is 2.39. The Kier molecular flexibility index (Phi) is 9.36. The van der Waals surface area contributed by atoms with E-state index in [9.17, 15) is 4.79 Å². The van der Waals surface area contributed by atoms with Gasteiger partial charge < -0.3 is 9.64 Å². The number of hydrogen-bond donors (Lipinski definition) is 0. The molecule has 0 aromatic heterocycles. The zero-order chi connectivity index (χ0) is 16.2. The molecule has 1 aromatic rings.